The normalized spacial score (nSPS) is 23.9. The van der Waals surface area contributed by atoms with Gasteiger partial charge in [-0.05, 0) is 12.8 Å². The first kappa shape index (κ1) is 13.8. The third kappa shape index (κ3) is 5.03. The zero-order valence-corrected chi connectivity index (χ0v) is 8.79. The number of hydrogen-bond donors (Lipinski definition) is 2. The SMILES string of the molecule is O=C(COCC(F)(F)F)NC1CC(C(=O)O)C1. The van der Waals surface area contributed by atoms with Gasteiger partial charge in [0.05, 0.1) is 5.92 Å². The minimum absolute atomic E-state index is 0.280. The molecular weight excluding hydrogens is 243 g/mol. The van der Waals surface area contributed by atoms with Crippen LogP contribution in [0.5, 0.6) is 0 Å². The van der Waals surface area contributed by atoms with Crippen molar-refractivity contribution in [1.82, 2.24) is 5.32 Å². The van der Waals surface area contributed by atoms with E-state index in [0.717, 1.165) is 0 Å². The number of carboxylic acids is 1. The first-order valence-corrected chi connectivity index (χ1v) is 4.94. The lowest BCUT2D eigenvalue weighted by molar-refractivity contribution is -0.176. The molecule has 5 nitrogen and oxygen atoms in total. The Morgan fingerprint density at radius 1 is 1.35 bits per heavy atom. The second-order valence-electron chi connectivity index (χ2n) is 3.88. The highest BCUT2D eigenvalue weighted by Gasteiger charge is 2.35. The molecule has 0 saturated heterocycles. The number of alkyl halides is 3. The number of carbonyl (C=O) groups excluding carboxylic acids is 1. The molecule has 0 atom stereocenters. The average Bonchev–Trinajstić information content (AvgIpc) is 2.07. The van der Waals surface area contributed by atoms with Gasteiger partial charge in [0.15, 0.2) is 0 Å². The van der Waals surface area contributed by atoms with Crippen LogP contribution in [0, 0.1) is 5.92 Å². The van der Waals surface area contributed by atoms with E-state index >= 15 is 0 Å². The third-order valence-corrected chi connectivity index (χ3v) is 2.35. The lowest BCUT2D eigenvalue weighted by Gasteiger charge is -2.32. The summed E-state index contributed by atoms with van der Waals surface area (Å²) in [5, 5.41) is 10.9. The lowest BCUT2D eigenvalue weighted by Crippen LogP contribution is -2.47. The monoisotopic (exact) mass is 255 g/mol. The van der Waals surface area contributed by atoms with Crippen LogP contribution in [0.1, 0.15) is 12.8 Å². The molecule has 1 saturated carbocycles. The van der Waals surface area contributed by atoms with Gasteiger partial charge in [-0.15, -0.1) is 0 Å². The van der Waals surface area contributed by atoms with Crippen molar-refractivity contribution in [2.75, 3.05) is 13.2 Å². The summed E-state index contributed by atoms with van der Waals surface area (Å²) in [5.74, 6) is -2.07. The summed E-state index contributed by atoms with van der Waals surface area (Å²) in [6.45, 7) is -2.14. The van der Waals surface area contributed by atoms with E-state index in [1.165, 1.54) is 0 Å². The molecule has 0 aliphatic heterocycles. The largest absolute Gasteiger partial charge is 0.481 e. The molecule has 0 aromatic rings. The molecule has 8 heteroatoms. The minimum atomic E-state index is -4.45. The van der Waals surface area contributed by atoms with Crippen molar-refractivity contribution in [2.45, 2.75) is 25.1 Å². The van der Waals surface area contributed by atoms with Crippen molar-refractivity contribution >= 4 is 11.9 Å². The zero-order valence-electron chi connectivity index (χ0n) is 8.79. The van der Waals surface area contributed by atoms with Crippen molar-refractivity contribution in [1.29, 1.82) is 0 Å². The van der Waals surface area contributed by atoms with Crippen molar-refractivity contribution in [3.05, 3.63) is 0 Å². The Balaban J connectivity index is 2.09. The van der Waals surface area contributed by atoms with Crippen LogP contribution in [0.3, 0.4) is 0 Å². The first-order chi connectivity index (χ1) is 7.78. The molecule has 1 rings (SSSR count). The number of carbonyl (C=O) groups is 2. The molecule has 1 aliphatic rings. The van der Waals surface area contributed by atoms with E-state index in [0.29, 0.717) is 12.8 Å². The van der Waals surface area contributed by atoms with Crippen LogP contribution in [-0.2, 0) is 14.3 Å². The van der Waals surface area contributed by atoms with Gasteiger partial charge in [-0.3, -0.25) is 9.59 Å². The molecule has 1 amide bonds. The van der Waals surface area contributed by atoms with Crippen LogP contribution in [-0.4, -0.2) is 42.4 Å². The number of ether oxygens (including phenoxy) is 1. The molecular formula is C9H12F3NO4. The summed E-state index contributed by atoms with van der Waals surface area (Å²) in [5.41, 5.74) is 0. The molecule has 17 heavy (non-hydrogen) atoms. The van der Waals surface area contributed by atoms with E-state index in [-0.39, 0.29) is 6.04 Å². The first-order valence-electron chi connectivity index (χ1n) is 4.94. The van der Waals surface area contributed by atoms with Crippen LogP contribution < -0.4 is 5.32 Å². The van der Waals surface area contributed by atoms with E-state index in [1.54, 1.807) is 0 Å². The Morgan fingerprint density at radius 2 is 1.94 bits per heavy atom. The molecule has 0 unspecified atom stereocenters. The standard InChI is InChI=1S/C9H12F3NO4/c10-9(11,12)4-17-3-7(14)13-6-1-5(2-6)8(15)16/h5-6H,1-4H2,(H,13,14)(H,15,16). The van der Waals surface area contributed by atoms with Gasteiger partial charge >= 0.3 is 12.1 Å². The number of aliphatic carboxylic acids is 1. The Bertz CT molecular complexity index is 299. The number of nitrogens with one attached hydrogen (secondary N) is 1. The zero-order chi connectivity index (χ0) is 13.1. The number of amides is 1. The molecule has 0 bridgehead atoms. The van der Waals surface area contributed by atoms with Gasteiger partial charge in [0.2, 0.25) is 5.91 Å². The van der Waals surface area contributed by atoms with E-state index in [2.05, 4.69) is 10.1 Å². The Labute approximate surface area is 94.9 Å². The summed E-state index contributed by atoms with van der Waals surface area (Å²) in [7, 11) is 0. The van der Waals surface area contributed by atoms with Crippen molar-refractivity contribution < 1.29 is 32.6 Å². The number of halogens is 3. The minimum Gasteiger partial charge on any atom is -0.481 e. The second kappa shape index (κ2) is 5.35. The smallest absolute Gasteiger partial charge is 0.411 e. The molecule has 0 aromatic heterocycles. The molecule has 0 heterocycles. The maximum atomic E-state index is 11.7. The summed E-state index contributed by atoms with van der Waals surface area (Å²) < 4.78 is 39.1. The molecule has 1 aliphatic carbocycles. The van der Waals surface area contributed by atoms with Gasteiger partial charge < -0.3 is 15.2 Å². The summed E-state index contributed by atoms with van der Waals surface area (Å²) in [6.07, 6.45) is -3.84. The Kier molecular flexibility index (Phi) is 4.33. The van der Waals surface area contributed by atoms with Crippen LogP contribution in [0.2, 0.25) is 0 Å². The molecule has 98 valence electrons. The highest BCUT2D eigenvalue weighted by molar-refractivity contribution is 5.78. The van der Waals surface area contributed by atoms with Crippen LogP contribution in [0.4, 0.5) is 13.2 Å². The van der Waals surface area contributed by atoms with E-state index in [1.807, 2.05) is 0 Å². The van der Waals surface area contributed by atoms with Crippen LogP contribution in [0.15, 0.2) is 0 Å². The quantitative estimate of drug-likeness (QED) is 0.752. The van der Waals surface area contributed by atoms with Crippen molar-refractivity contribution in [2.24, 2.45) is 5.92 Å². The van der Waals surface area contributed by atoms with Gasteiger partial charge in [0, 0.05) is 6.04 Å². The fraction of sp³-hybridized carbons (Fsp3) is 0.778. The molecule has 1 fully saturated rings. The van der Waals surface area contributed by atoms with Gasteiger partial charge in [-0.2, -0.15) is 13.2 Å². The van der Waals surface area contributed by atoms with Gasteiger partial charge in [-0.1, -0.05) is 0 Å². The van der Waals surface area contributed by atoms with Gasteiger partial charge in [-0.25, -0.2) is 0 Å². The highest BCUT2D eigenvalue weighted by Crippen LogP contribution is 2.27. The number of hydrogen-bond acceptors (Lipinski definition) is 3. The molecule has 0 aromatic carbocycles. The maximum Gasteiger partial charge on any atom is 0.411 e. The second-order valence-corrected chi connectivity index (χ2v) is 3.88. The van der Waals surface area contributed by atoms with E-state index in [4.69, 9.17) is 5.11 Å². The maximum absolute atomic E-state index is 11.7. The van der Waals surface area contributed by atoms with E-state index < -0.39 is 37.2 Å². The third-order valence-electron chi connectivity index (χ3n) is 2.35. The average molecular weight is 255 g/mol. The van der Waals surface area contributed by atoms with Gasteiger partial charge in [0.1, 0.15) is 13.2 Å². The van der Waals surface area contributed by atoms with Crippen molar-refractivity contribution in [3.8, 4) is 0 Å². The fourth-order valence-corrected chi connectivity index (χ4v) is 1.47. The van der Waals surface area contributed by atoms with Crippen molar-refractivity contribution in [3.63, 3.8) is 0 Å². The lowest BCUT2D eigenvalue weighted by atomic mass is 9.80. The molecule has 0 radical (unpaired) electrons. The summed E-state index contributed by atoms with van der Waals surface area (Å²) in [6, 6.07) is -0.280. The van der Waals surface area contributed by atoms with Gasteiger partial charge in [0.25, 0.3) is 0 Å². The summed E-state index contributed by atoms with van der Waals surface area (Å²) >= 11 is 0. The highest BCUT2D eigenvalue weighted by atomic mass is 19.4. The van der Waals surface area contributed by atoms with Crippen LogP contribution >= 0.6 is 0 Å². The predicted molar refractivity (Wildman–Crippen MR) is 49.2 cm³/mol. The Morgan fingerprint density at radius 3 is 2.41 bits per heavy atom. The number of carboxylic acid groups (broad SMARTS) is 1. The van der Waals surface area contributed by atoms with Crippen LogP contribution in [0.25, 0.3) is 0 Å². The Hall–Kier alpha value is -1.31. The van der Waals surface area contributed by atoms with E-state index in [9.17, 15) is 22.8 Å². The predicted octanol–water partition coefficient (Wildman–Crippen LogP) is 0.545. The molecule has 0 spiro atoms. The number of rotatable bonds is 5. The molecule has 2 N–H and O–H groups in total. The topological polar surface area (TPSA) is 75.6 Å². The summed E-state index contributed by atoms with van der Waals surface area (Å²) in [4.78, 5) is 21.5. The fourth-order valence-electron chi connectivity index (χ4n) is 1.47.